The number of rotatable bonds is 14. The van der Waals surface area contributed by atoms with Gasteiger partial charge in [0.15, 0.2) is 0 Å². The Morgan fingerprint density at radius 2 is 1.55 bits per heavy atom. The minimum Gasteiger partial charge on any atom is -0.400 e. The summed E-state index contributed by atoms with van der Waals surface area (Å²) in [7, 11) is 3.28. The van der Waals surface area contributed by atoms with Gasteiger partial charge in [0.2, 0.25) is 6.56 Å². The molecule has 15 heteroatoms. The molecule has 3 aromatic heterocycles. The molecule has 0 fully saturated rings. The summed E-state index contributed by atoms with van der Waals surface area (Å²) in [6.45, 7) is 3.01. The van der Waals surface area contributed by atoms with Crippen LogP contribution in [0, 0.1) is 0 Å². The quantitative estimate of drug-likeness (QED) is 0.0535. The highest BCUT2D eigenvalue weighted by atomic mass is 32.1. The van der Waals surface area contributed by atoms with Gasteiger partial charge in [0, 0.05) is 92.7 Å². The molecule has 0 saturated carbocycles. The molecule has 9 rings (SSSR count). The minimum atomic E-state index is -0.143. The molecule has 0 radical (unpaired) electrons. The fourth-order valence-electron chi connectivity index (χ4n) is 8.36. The molecule has 5 N–H and O–H groups in total. The zero-order valence-electron chi connectivity index (χ0n) is 36.9. The van der Waals surface area contributed by atoms with E-state index in [-0.39, 0.29) is 24.3 Å². The molecule has 2 aliphatic rings. The van der Waals surface area contributed by atoms with E-state index in [1.807, 2.05) is 84.7 Å². The van der Waals surface area contributed by atoms with Crippen molar-refractivity contribution in [3.63, 3.8) is 0 Å². The predicted molar refractivity (Wildman–Crippen MR) is 247 cm³/mol. The number of aromatic amines is 2. The third kappa shape index (κ3) is 8.43. The van der Waals surface area contributed by atoms with Gasteiger partial charge in [-0.1, -0.05) is 37.5 Å². The van der Waals surface area contributed by atoms with E-state index in [1.54, 1.807) is 11.0 Å². The average molecular weight is 857 g/mol. The first-order chi connectivity index (χ1) is 31.2. The van der Waals surface area contributed by atoms with Gasteiger partial charge in [-0.15, -0.1) is 10.2 Å². The largest absolute Gasteiger partial charge is 0.400 e. The number of amides is 3. The lowest BCUT2D eigenvalue weighted by molar-refractivity contribution is 0.0946. The number of nitrogens with zero attached hydrogens (tertiary/aromatic N) is 6. The number of hydrogen-bond donors (Lipinski definition) is 5. The molecule has 4 aromatic carbocycles. The van der Waals surface area contributed by atoms with Crippen LogP contribution in [0.4, 0.5) is 27.9 Å². The number of nitrogens with one attached hydrogen (secondary N) is 3. The second-order valence-electron chi connectivity index (χ2n) is 15.4. The average Bonchev–Trinajstić information content (AvgIpc) is 4.16. The highest BCUT2D eigenvalue weighted by Crippen LogP contribution is 2.39. The lowest BCUT2D eigenvalue weighted by Gasteiger charge is -2.18. The highest BCUT2D eigenvalue weighted by molar-refractivity contribution is 7.21. The smallest absolute Gasteiger partial charge is 0.274 e. The minimum absolute atomic E-state index is 0.103. The molecule has 0 aliphatic carbocycles. The van der Waals surface area contributed by atoms with E-state index in [0.29, 0.717) is 73.6 Å². The van der Waals surface area contributed by atoms with Crippen molar-refractivity contribution in [3.05, 3.63) is 107 Å². The van der Waals surface area contributed by atoms with Gasteiger partial charge < -0.3 is 40.2 Å². The third-order valence-electron chi connectivity index (χ3n) is 11.5. The Morgan fingerprint density at radius 3 is 2.24 bits per heavy atom. The van der Waals surface area contributed by atoms with E-state index in [9.17, 15) is 14.4 Å². The van der Waals surface area contributed by atoms with Crippen LogP contribution in [0.3, 0.4) is 0 Å². The number of aromatic nitrogens is 3. The molecular weight excluding hydrogens is 803 g/mol. The second-order valence-corrected chi connectivity index (χ2v) is 16.4. The lowest BCUT2D eigenvalue weighted by Crippen LogP contribution is -2.29. The standard InChI is InChI=1S/C46H47N9O4S.CH4O/c1-3-4-5-6-20-47-43(57)38-26-33-31-19-23-55(41(31)17-14-35(33)48-38)45(59)39-27-34-32-18-22-54(40(32)16-15-36(34)49-39)44(58)28-8-13-37-42(25-28)60-46(50-37)52-51-29-9-11-30(12-10-29)53(2)21-7-24-56;1-2/h8-17,25-27,48-49,56H,3-7,18-24H2,1-2H3,(H,47,57);2H,1H3/i1D;2T. The van der Waals surface area contributed by atoms with Crippen LogP contribution in [0.2, 0.25) is 0 Å². The van der Waals surface area contributed by atoms with E-state index in [4.69, 9.17) is 7.91 Å². The number of anilines is 3. The Morgan fingerprint density at radius 1 is 0.871 bits per heavy atom. The summed E-state index contributed by atoms with van der Waals surface area (Å²) in [5.74, 6) is -0.370. The van der Waals surface area contributed by atoms with Gasteiger partial charge in [-0.2, -0.15) is 0 Å². The van der Waals surface area contributed by atoms with Crippen molar-refractivity contribution < 1.29 is 26.0 Å². The van der Waals surface area contributed by atoms with Crippen LogP contribution in [-0.2, 0) is 12.8 Å². The summed E-state index contributed by atoms with van der Waals surface area (Å²) in [6, 6.07) is 24.8. The molecule has 0 spiro atoms. The van der Waals surface area contributed by atoms with Crippen LogP contribution in [0.5, 0.6) is 0 Å². The van der Waals surface area contributed by atoms with Gasteiger partial charge in [0.25, 0.3) is 17.7 Å². The fraction of sp³-hybridized carbons (Fsp3) is 0.319. The van der Waals surface area contributed by atoms with Crippen molar-refractivity contribution in [2.24, 2.45) is 10.2 Å². The first-order valence-corrected chi connectivity index (χ1v) is 21.8. The van der Waals surface area contributed by atoms with Crippen molar-refractivity contribution in [2.75, 3.05) is 61.6 Å². The van der Waals surface area contributed by atoms with Gasteiger partial charge >= 0.3 is 0 Å². The summed E-state index contributed by atoms with van der Waals surface area (Å²) in [5, 5.41) is 26.7. The topological polar surface area (TPSA) is 183 Å². The first kappa shape index (κ1) is 39.7. The summed E-state index contributed by atoms with van der Waals surface area (Å²) in [5.41, 5.74) is 9.49. The molecule has 2 aliphatic heterocycles. The number of thiazole rings is 1. The van der Waals surface area contributed by atoms with Gasteiger partial charge in [0.1, 0.15) is 11.4 Å². The molecule has 7 aromatic rings. The number of benzene rings is 4. The van der Waals surface area contributed by atoms with E-state index < -0.39 is 0 Å². The maximum absolute atomic E-state index is 14.1. The summed E-state index contributed by atoms with van der Waals surface area (Å²) < 4.78 is 13.8. The van der Waals surface area contributed by atoms with Gasteiger partial charge in [0.05, 0.1) is 15.9 Å². The number of azo groups is 1. The Bertz CT molecular complexity index is 2840. The van der Waals surface area contributed by atoms with Gasteiger partial charge in [-0.25, -0.2) is 4.98 Å². The molecule has 5 heterocycles. The number of H-pyrrole nitrogens is 2. The van der Waals surface area contributed by atoms with Crippen molar-refractivity contribution in [3.8, 4) is 0 Å². The zero-order chi connectivity index (χ0) is 44.7. The maximum Gasteiger partial charge on any atom is 0.274 e. The molecule has 62 heavy (non-hydrogen) atoms. The summed E-state index contributed by atoms with van der Waals surface area (Å²) in [6.07, 6.45) is 5.82. The van der Waals surface area contributed by atoms with Crippen LogP contribution in [-0.4, -0.2) is 91.3 Å². The Kier molecular flexibility index (Phi) is 12.0. The summed E-state index contributed by atoms with van der Waals surface area (Å²) >= 11 is 1.38. The van der Waals surface area contributed by atoms with E-state index in [1.165, 1.54) is 18.4 Å². The molecule has 0 bridgehead atoms. The number of unbranched alkanes of at least 4 members (excludes halogenated alkanes) is 3. The predicted octanol–water partition coefficient (Wildman–Crippen LogP) is 8.82. The van der Waals surface area contributed by atoms with Crippen molar-refractivity contribution >= 4 is 89.0 Å². The van der Waals surface area contributed by atoms with Crippen molar-refractivity contribution in [1.82, 2.24) is 20.3 Å². The van der Waals surface area contributed by atoms with Crippen LogP contribution < -0.4 is 20.0 Å². The van der Waals surface area contributed by atoms with Crippen LogP contribution in [0.1, 0.15) is 82.8 Å². The molecule has 0 atom stereocenters. The molecule has 14 nitrogen and oxygen atoms in total. The molecule has 0 saturated heterocycles. The maximum atomic E-state index is 14.1. The summed E-state index contributed by atoms with van der Waals surface area (Å²) in [4.78, 5) is 58.0. The van der Waals surface area contributed by atoms with Crippen molar-refractivity contribution in [2.45, 2.75) is 51.8 Å². The Hall–Kier alpha value is -6.42. The van der Waals surface area contributed by atoms with Gasteiger partial charge in [-0.05, 0) is 116 Å². The molecule has 0 unspecified atom stereocenters. The number of carbonyl (C=O) groups is 3. The highest BCUT2D eigenvalue weighted by Gasteiger charge is 2.31. The Balaban J connectivity index is 0.00000182. The monoisotopic (exact) mass is 856 g/mol. The SMILES string of the molecule is [2H]CCCCCCNC(=O)c1cc2c3c(ccc2[nH]1)N(C(=O)c1cc2c4c(ccc2[nH]1)N(C(=O)c1ccc2nc(N=Nc5ccc(N(C)CCCO)cc5)sc2c1)CC4)CC3.[3H]OC. The normalized spacial score (nSPS) is 13.7. The van der Waals surface area contributed by atoms with Crippen LogP contribution >= 0.6 is 11.3 Å². The van der Waals surface area contributed by atoms with E-state index in [0.717, 1.165) is 92.4 Å². The van der Waals surface area contributed by atoms with E-state index in [2.05, 4.69) is 40.5 Å². The van der Waals surface area contributed by atoms with Crippen molar-refractivity contribution in [1.29, 1.82) is 1.43 Å². The second kappa shape index (κ2) is 18.7. The van der Waals surface area contributed by atoms with Crippen LogP contribution in [0.15, 0.2) is 89.1 Å². The van der Waals surface area contributed by atoms with E-state index >= 15 is 0 Å². The number of hydrogen-bond acceptors (Lipinski definition) is 10. The van der Waals surface area contributed by atoms with Crippen LogP contribution in [0.25, 0.3) is 32.0 Å². The number of aliphatic hydroxyl groups is 2. The molecular formula is C47H51N9O5S. The number of fused-ring (bicyclic) bond motifs is 7. The third-order valence-corrected chi connectivity index (χ3v) is 12.4. The van der Waals surface area contributed by atoms with Gasteiger partial charge in [-0.3, -0.25) is 14.4 Å². The first-order valence-electron chi connectivity index (χ1n) is 22.1. The lowest BCUT2D eigenvalue weighted by atomic mass is 10.1. The number of carbonyl (C=O) groups excluding carboxylic acids is 3. The molecule has 320 valence electrons. The fourth-order valence-corrected chi connectivity index (χ4v) is 9.19. The zero-order valence-corrected chi connectivity index (χ0v) is 35.7. The molecule has 3 amide bonds. The Labute approximate surface area is 366 Å². The number of aliphatic hydroxyl groups excluding tert-OH is 2.